The summed E-state index contributed by atoms with van der Waals surface area (Å²) >= 11 is 0. The number of nitrogens with zero attached hydrogens (tertiary/aromatic N) is 1. The molecule has 0 radical (unpaired) electrons. The second kappa shape index (κ2) is 6.12. The Balaban J connectivity index is 1.88. The molecule has 8 heteroatoms. The van der Waals surface area contributed by atoms with Crippen LogP contribution < -0.4 is 16.5 Å². The lowest BCUT2D eigenvalue weighted by Gasteiger charge is -2.17. The molecule has 5 rings (SSSR count). The monoisotopic (exact) mass is 397 g/mol. The van der Waals surface area contributed by atoms with E-state index in [1.807, 2.05) is 6.07 Å². The van der Waals surface area contributed by atoms with Crippen molar-refractivity contribution in [1.82, 2.24) is 9.88 Å². The highest BCUT2D eigenvalue weighted by Crippen LogP contribution is 2.42. The summed E-state index contributed by atoms with van der Waals surface area (Å²) in [6.45, 7) is 1.30. The fourth-order valence-electron chi connectivity index (χ4n) is 4.06. The van der Waals surface area contributed by atoms with E-state index < -0.39 is 39.7 Å². The van der Waals surface area contributed by atoms with Gasteiger partial charge in [-0.2, -0.15) is 0 Å². The normalized spacial score (nSPS) is 15.7. The molecule has 1 saturated carbocycles. The summed E-state index contributed by atoms with van der Waals surface area (Å²) in [5.41, 5.74) is 5.76. The Bertz CT molecular complexity index is 1280. The Morgan fingerprint density at radius 2 is 1.90 bits per heavy atom. The number of hydrogen-bond donors (Lipinski definition) is 3. The molecule has 148 valence electrons. The molecule has 0 bridgehead atoms. The van der Waals surface area contributed by atoms with Crippen molar-refractivity contribution < 1.29 is 18.7 Å². The van der Waals surface area contributed by atoms with Crippen LogP contribution in [0.25, 0.3) is 22.0 Å². The van der Waals surface area contributed by atoms with Crippen molar-refractivity contribution in [3.05, 3.63) is 62.9 Å². The zero-order chi connectivity index (χ0) is 20.4. The first-order valence-electron chi connectivity index (χ1n) is 9.30. The molecule has 29 heavy (non-hydrogen) atoms. The maximum absolute atomic E-state index is 15.7. The molecule has 6 nitrogen and oxygen atoms in total. The summed E-state index contributed by atoms with van der Waals surface area (Å²) in [5, 5.41) is 12.1. The van der Waals surface area contributed by atoms with E-state index in [2.05, 4.69) is 5.32 Å². The number of nitrogen functional groups attached to an aromatic ring is 1. The fourth-order valence-corrected chi connectivity index (χ4v) is 4.06. The highest BCUT2D eigenvalue weighted by Gasteiger charge is 2.32. The van der Waals surface area contributed by atoms with Gasteiger partial charge in [-0.1, -0.05) is 12.1 Å². The number of hydrogen-bond acceptors (Lipinski definition) is 4. The number of carboxylic acids is 1. The topological polar surface area (TPSA) is 97.3 Å². The first kappa shape index (κ1) is 17.8. The van der Waals surface area contributed by atoms with Gasteiger partial charge in [-0.3, -0.25) is 4.79 Å². The van der Waals surface area contributed by atoms with Crippen molar-refractivity contribution in [2.24, 2.45) is 0 Å². The molecule has 1 aliphatic heterocycles. The van der Waals surface area contributed by atoms with Crippen molar-refractivity contribution in [3.8, 4) is 11.1 Å². The second-order valence-electron chi connectivity index (χ2n) is 7.54. The minimum atomic E-state index is -1.46. The molecule has 3 aromatic rings. The molecule has 1 fully saturated rings. The van der Waals surface area contributed by atoms with Gasteiger partial charge in [0.1, 0.15) is 5.56 Å². The van der Waals surface area contributed by atoms with Gasteiger partial charge in [-0.15, -0.1) is 0 Å². The zero-order valence-corrected chi connectivity index (χ0v) is 15.3. The van der Waals surface area contributed by atoms with E-state index >= 15 is 8.78 Å². The lowest BCUT2D eigenvalue weighted by Crippen LogP contribution is -2.21. The van der Waals surface area contributed by atoms with Crippen molar-refractivity contribution >= 4 is 22.6 Å². The molecule has 1 aromatic heterocycles. The maximum Gasteiger partial charge on any atom is 0.341 e. The number of aromatic carboxylic acids is 1. The number of pyridine rings is 1. The Morgan fingerprint density at radius 3 is 2.59 bits per heavy atom. The molecule has 0 spiro atoms. The van der Waals surface area contributed by atoms with Crippen LogP contribution in [0.5, 0.6) is 0 Å². The average Bonchev–Trinajstić information content (AvgIpc) is 3.42. The summed E-state index contributed by atoms with van der Waals surface area (Å²) in [5.74, 6) is -3.41. The van der Waals surface area contributed by atoms with Gasteiger partial charge < -0.3 is 20.7 Å². The molecule has 0 amide bonds. The number of nitrogens with two attached hydrogens (primary N) is 1. The predicted octanol–water partition coefficient (Wildman–Crippen LogP) is 3.17. The number of benzene rings is 2. The average molecular weight is 397 g/mol. The molecule has 0 atom stereocenters. The third-order valence-electron chi connectivity index (χ3n) is 5.68. The molecular formula is C21H17F2N3O3. The molecule has 2 heterocycles. The van der Waals surface area contributed by atoms with Crippen LogP contribution in [0, 0.1) is 11.6 Å². The standard InChI is InChI=1S/C21H17F2N3O3/c22-16-14(9-1-2-10-6-25-7-11(10)5-9)17(23)19-15(18(16)24)20(27)13(21(28)29)8-26(19)12-3-4-12/h1-2,5,8,12,25H,3-4,6-7,24H2,(H,28,29). The van der Waals surface area contributed by atoms with Gasteiger partial charge >= 0.3 is 5.97 Å². The van der Waals surface area contributed by atoms with Crippen LogP contribution in [-0.2, 0) is 13.1 Å². The van der Waals surface area contributed by atoms with Crippen LogP contribution in [-0.4, -0.2) is 15.6 Å². The number of halogens is 2. The minimum Gasteiger partial charge on any atom is -0.477 e. The number of carboxylic acid groups (broad SMARTS) is 1. The predicted molar refractivity (Wildman–Crippen MR) is 104 cm³/mol. The van der Waals surface area contributed by atoms with Crippen molar-refractivity contribution in [2.75, 3.05) is 5.73 Å². The first-order chi connectivity index (χ1) is 13.9. The lowest BCUT2D eigenvalue weighted by atomic mass is 9.96. The Labute approximate surface area is 163 Å². The smallest absolute Gasteiger partial charge is 0.341 e. The van der Waals surface area contributed by atoms with E-state index in [1.54, 1.807) is 12.1 Å². The van der Waals surface area contributed by atoms with E-state index in [0.717, 1.165) is 17.3 Å². The van der Waals surface area contributed by atoms with Gasteiger partial charge in [0.25, 0.3) is 0 Å². The summed E-state index contributed by atoms with van der Waals surface area (Å²) in [6.07, 6.45) is 2.57. The number of carbonyl (C=O) groups is 1. The van der Waals surface area contributed by atoms with E-state index in [0.29, 0.717) is 31.5 Å². The maximum atomic E-state index is 15.7. The molecule has 4 N–H and O–H groups in total. The van der Waals surface area contributed by atoms with Gasteiger partial charge in [-0.05, 0) is 35.6 Å². The number of aromatic nitrogens is 1. The summed E-state index contributed by atoms with van der Waals surface area (Å²) in [6, 6.07) is 5.01. The van der Waals surface area contributed by atoms with E-state index in [-0.39, 0.29) is 17.1 Å². The van der Waals surface area contributed by atoms with Gasteiger partial charge in [0.15, 0.2) is 11.6 Å². The Morgan fingerprint density at radius 1 is 1.17 bits per heavy atom. The van der Waals surface area contributed by atoms with E-state index in [4.69, 9.17) is 5.73 Å². The van der Waals surface area contributed by atoms with Gasteiger partial charge in [0, 0.05) is 25.3 Å². The molecule has 0 saturated heterocycles. The third-order valence-corrected chi connectivity index (χ3v) is 5.68. The number of nitrogens with one attached hydrogen (secondary N) is 1. The SMILES string of the molecule is Nc1c(F)c(-c2ccc3c(c2)CNC3)c(F)c2c1c(=O)c(C(=O)O)cn2C1CC1. The zero-order valence-electron chi connectivity index (χ0n) is 15.3. The molecule has 0 unspecified atom stereocenters. The number of fused-ring (bicyclic) bond motifs is 2. The van der Waals surface area contributed by atoms with E-state index in [9.17, 15) is 14.7 Å². The molecule has 2 aliphatic rings. The quantitative estimate of drug-likeness (QED) is 0.590. The highest BCUT2D eigenvalue weighted by atomic mass is 19.1. The van der Waals surface area contributed by atoms with Crippen LogP contribution in [0.3, 0.4) is 0 Å². The van der Waals surface area contributed by atoms with Gasteiger partial charge in [0.05, 0.1) is 22.2 Å². The highest BCUT2D eigenvalue weighted by molar-refractivity contribution is 6.00. The van der Waals surface area contributed by atoms with Crippen LogP contribution >= 0.6 is 0 Å². The Kier molecular flexibility index (Phi) is 3.76. The fraction of sp³-hybridized carbons (Fsp3) is 0.238. The second-order valence-corrected chi connectivity index (χ2v) is 7.54. The minimum absolute atomic E-state index is 0.143. The van der Waals surface area contributed by atoms with Crippen LogP contribution in [0.1, 0.15) is 40.4 Å². The van der Waals surface area contributed by atoms with Crippen molar-refractivity contribution in [1.29, 1.82) is 0 Å². The van der Waals surface area contributed by atoms with Crippen molar-refractivity contribution in [3.63, 3.8) is 0 Å². The first-order valence-corrected chi connectivity index (χ1v) is 9.30. The van der Waals surface area contributed by atoms with Crippen LogP contribution in [0.2, 0.25) is 0 Å². The van der Waals surface area contributed by atoms with Gasteiger partial charge in [0.2, 0.25) is 5.43 Å². The van der Waals surface area contributed by atoms with Crippen LogP contribution in [0.15, 0.2) is 29.2 Å². The van der Waals surface area contributed by atoms with Gasteiger partial charge in [-0.25, -0.2) is 13.6 Å². The summed E-state index contributed by atoms with van der Waals surface area (Å²) < 4.78 is 32.3. The largest absolute Gasteiger partial charge is 0.477 e. The lowest BCUT2D eigenvalue weighted by molar-refractivity contribution is 0.0695. The molecule has 2 aromatic carbocycles. The third kappa shape index (κ3) is 2.56. The Hall–Kier alpha value is -3.26. The van der Waals surface area contributed by atoms with Crippen LogP contribution in [0.4, 0.5) is 14.5 Å². The molecular weight excluding hydrogens is 380 g/mol. The summed E-state index contributed by atoms with van der Waals surface area (Å²) in [4.78, 5) is 24.2. The van der Waals surface area contributed by atoms with E-state index in [1.165, 1.54) is 4.57 Å². The summed E-state index contributed by atoms with van der Waals surface area (Å²) in [7, 11) is 0. The number of anilines is 1. The molecule has 1 aliphatic carbocycles. The van der Waals surface area contributed by atoms with Crippen molar-refractivity contribution in [2.45, 2.75) is 32.0 Å². The number of rotatable bonds is 3.